The molecule has 0 aliphatic carbocycles. The van der Waals surface area contributed by atoms with Crippen LogP contribution in [0.3, 0.4) is 0 Å². The van der Waals surface area contributed by atoms with Crippen molar-refractivity contribution in [2.45, 2.75) is 40.2 Å². The monoisotopic (exact) mass is 463 g/mol. The number of hydrogen-bond acceptors (Lipinski definition) is 3. The van der Waals surface area contributed by atoms with Crippen molar-refractivity contribution in [2.75, 3.05) is 33.4 Å². The summed E-state index contributed by atoms with van der Waals surface area (Å²) in [5, 5.41) is 6.74. The summed E-state index contributed by atoms with van der Waals surface area (Å²) in [4.78, 5) is 4.66. The Hall–Kier alpha value is -1.02. The molecule has 1 aromatic carbocycles. The van der Waals surface area contributed by atoms with Gasteiger partial charge in [-0.2, -0.15) is 0 Å². The maximum atomic E-state index is 5.57. The van der Waals surface area contributed by atoms with Gasteiger partial charge in [0.05, 0.1) is 13.2 Å². The Balaban J connectivity index is 0.00000576. The van der Waals surface area contributed by atoms with E-state index in [0.717, 1.165) is 30.4 Å². The second kappa shape index (κ2) is 15.3. The summed E-state index contributed by atoms with van der Waals surface area (Å²) in [6.45, 7) is 10.2. The first-order valence-corrected chi connectivity index (χ1v) is 8.96. The molecule has 0 radical (unpaired) electrons. The van der Waals surface area contributed by atoms with E-state index in [-0.39, 0.29) is 24.0 Å². The Kier molecular flexibility index (Phi) is 14.6. The molecule has 0 unspecified atom stereocenters. The topological polar surface area (TPSA) is 54.9 Å². The standard InChI is InChI=1S/C19H33N3O2.HI/c1-5-16(6-2)14-21-19(20-7-3)22-15-17-8-10-18(11-9-17)24-13-12-23-4;/h8-11,16H,5-7,12-15H2,1-4H3,(H2,20,21,22);1H. The third-order valence-corrected chi connectivity index (χ3v) is 3.96. The fourth-order valence-corrected chi connectivity index (χ4v) is 2.26. The molecule has 0 saturated heterocycles. The smallest absolute Gasteiger partial charge is 0.191 e. The molecule has 0 aliphatic heterocycles. The predicted octanol–water partition coefficient (Wildman–Crippen LogP) is 3.82. The molecule has 25 heavy (non-hydrogen) atoms. The summed E-state index contributed by atoms with van der Waals surface area (Å²) in [6, 6.07) is 8.06. The average molecular weight is 463 g/mol. The van der Waals surface area contributed by atoms with Crippen LogP contribution in [-0.4, -0.2) is 39.4 Å². The number of methoxy groups -OCH3 is 1. The number of aliphatic imine (C=N–C) groups is 1. The SMILES string of the molecule is CCNC(=NCc1ccc(OCCOC)cc1)NCC(CC)CC.I. The number of rotatable bonds is 11. The van der Waals surface area contributed by atoms with E-state index >= 15 is 0 Å². The number of halogens is 1. The Bertz CT molecular complexity index is 462. The Morgan fingerprint density at radius 2 is 1.72 bits per heavy atom. The number of benzene rings is 1. The summed E-state index contributed by atoms with van der Waals surface area (Å²) in [7, 11) is 1.67. The lowest BCUT2D eigenvalue weighted by Crippen LogP contribution is -2.39. The zero-order valence-corrected chi connectivity index (χ0v) is 18.3. The van der Waals surface area contributed by atoms with Gasteiger partial charge in [-0.15, -0.1) is 24.0 Å². The van der Waals surface area contributed by atoms with Crippen molar-refractivity contribution in [3.63, 3.8) is 0 Å². The number of ether oxygens (including phenoxy) is 2. The van der Waals surface area contributed by atoms with E-state index in [1.165, 1.54) is 12.8 Å². The molecule has 144 valence electrons. The van der Waals surface area contributed by atoms with Crippen LogP contribution >= 0.6 is 24.0 Å². The highest BCUT2D eigenvalue weighted by Gasteiger charge is 2.04. The van der Waals surface area contributed by atoms with Crippen molar-refractivity contribution in [1.29, 1.82) is 0 Å². The molecule has 0 heterocycles. The largest absolute Gasteiger partial charge is 0.491 e. The second-order valence-corrected chi connectivity index (χ2v) is 5.74. The zero-order chi connectivity index (χ0) is 17.6. The average Bonchev–Trinajstić information content (AvgIpc) is 2.61. The van der Waals surface area contributed by atoms with Crippen molar-refractivity contribution < 1.29 is 9.47 Å². The lowest BCUT2D eigenvalue weighted by molar-refractivity contribution is 0.146. The fraction of sp³-hybridized carbons (Fsp3) is 0.632. The van der Waals surface area contributed by atoms with Crippen LogP contribution < -0.4 is 15.4 Å². The van der Waals surface area contributed by atoms with Crippen LogP contribution in [-0.2, 0) is 11.3 Å². The summed E-state index contributed by atoms with van der Waals surface area (Å²) in [6.07, 6.45) is 2.38. The minimum Gasteiger partial charge on any atom is -0.491 e. The normalized spacial score (nSPS) is 11.2. The van der Waals surface area contributed by atoms with Crippen LogP contribution in [0.1, 0.15) is 39.2 Å². The summed E-state index contributed by atoms with van der Waals surface area (Å²) < 4.78 is 10.5. The summed E-state index contributed by atoms with van der Waals surface area (Å²) in [5.74, 6) is 2.43. The lowest BCUT2D eigenvalue weighted by Gasteiger charge is -2.16. The van der Waals surface area contributed by atoms with Crippen molar-refractivity contribution in [1.82, 2.24) is 10.6 Å². The van der Waals surface area contributed by atoms with Crippen molar-refractivity contribution >= 4 is 29.9 Å². The first kappa shape index (κ1) is 24.0. The predicted molar refractivity (Wildman–Crippen MR) is 116 cm³/mol. The van der Waals surface area contributed by atoms with Gasteiger partial charge in [-0.25, -0.2) is 4.99 Å². The van der Waals surface area contributed by atoms with Gasteiger partial charge >= 0.3 is 0 Å². The van der Waals surface area contributed by atoms with Crippen LogP contribution in [0.2, 0.25) is 0 Å². The van der Waals surface area contributed by atoms with Gasteiger partial charge in [0.15, 0.2) is 5.96 Å². The molecule has 0 bridgehead atoms. The Morgan fingerprint density at radius 1 is 1.04 bits per heavy atom. The van der Waals surface area contributed by atoms with Gasteiger partial charge in [0.25, 0.3) is 0 Å². The molecule has 0 aliphatic rings. The number of nitrogens with zero attached hydrogens (tertiary/aromatic N) is 1. The van der Waals surface area contributed by atoms with Crippen molar-refractivity contribution in [3.05, 3.63) is 29.8 Å². The third kappa shape index (κ3) is 10.5. The Labute approximate surface area is 170 Å². The summed E-state index contributed by atoms with van der Waals surface area (Å²) >= 11 is 0. The molecular weight excluding hydrogens is 429 g/mol. The Morgan fingerprint density at radius 3 is 2.28 bits per heavy atom. The number of guanidine groups is 1. The molecule has 2 N–H and O–H groups in total. The molecule has 0 saturated carbocycles. The van der Waals surface area contributed by atoms with Gasteiger partial charge < -0.3 is 20.1 Å². The third-order valence-electron chi connectivity index (χ3n) is 3.96. The van der Waals surface area contributed by atoms with Crippen LogP contribution in [0.4, 0.5) is 0 Å². The van der Waals surface area contributed by atoms with E-state index in [1.807, 2.05) is 12.1 Å². The molecular formula is C19H34IN3O2. The second-order valence-electron chi connectivity index (χ2n) is 5.74. The van der Waals surface area contributed by atoms with Crippen molar-refractivity contribution in [3.8, 4) is 5.75 Å². The van der Waals surface area contributed by atoms with Crippen LogP contribution in [0, 0.1) is 5.92 Å². The van der Waals surface area contributed by atoms with Gasteiger partial charge in [-0.3, -0.25) is 0 Å². The van der Waals surface area contributed by atoms with E-state index in [1.54, 1.807) is 7.11 Å². The highest BCUT2D eigenvalue weighted by atomic mass is 127. The highest BCUT2D eigenvalue weighted by molar-refractivity contribution is 14.0. The molecule has 0 fully saturated rings. The quantitative estimate of drug-likeness (QED) is 0.227. The van der Waals surface area contributed by atoms with Crippen molar-refractivity contribution in [2.24, 2.45) is 10.9 Å². The van der Waals surface area contributed by atoms with E-state index in [9.17, 15) is 0 Å². The van der Waals surface area contributed by atoms with E-state index < -0.39 is 0 Å². The van der Waals surface area contributed by atoms with Crippen LogP contribution in [0.15, 0.2) is 29.3 Å². The number of hydrogen-bond donors (Lipinski definition) is 2. The van der Waals surface area contributed by atoms with Crippen LogP contribution in [0.5, 0.6) is 5.75 Å². The van der Waals surface area contributed by atoms with E-state index in [0.29, 0.717) is 25.7 Å². The lowest BCUT2D eigenvalue weighted by atomic mass is 10.0. The molecule has 0 atom stereocenters. The molecule has 1 aromatic rings. The van der Waals surface area contributed by atoms with E-state index in [4.69, 9.17) is 9.47 Å². The van der Waals surface area contributed by atoms with Gasteiger partial charge in [0.1, 0.15) is 12.4 Å². The van der Waals surface area contributed by atoms with Gasteiger partial charge in [0, 0.05) is 20.2 Å². The van der Waals surface area contributed by atoms with Gasteiger partial charge in [0.2, 0.25) is 0 Å². The van der Waals surface area contributed by atoms with E-state index in [2.05, 4.69) is 48.5 Å². The maximum Gasteiger partial charge on any atom is 0.191 e. The fourth-order valence-electron chi connectivity index (χ4n) is 2.26. The molecule has 5 nitrogen and oxygen atoms in total. The minimum atomic E-state index is 0. The maximum absolute atomic E-state index is 5.57. The molecule has 6 heteroatoms. The minimum absolute atomic E-state index is 0. The first-order valence-electron chi connectivity index (χ1n) is 8.96. The highest BCUT2D eigenvalue weighted by Crippen LogP contribution is 2.12. The summed E-state index contributed by atoms with van der Waals surface area (Å²) in [5.41, 5.74) is 1.16. The zero-order valence-electron chi connectivity index (χ0n) is 16.0. The molecule has 0 amide bonds. The van der Waals surface area contributed by atoms with Crippen LogP contribution in [0.25, 0.3) is 0 Å². The first-order chi connectivity index (χ1) is 11.7. The number of nitrogens with one attached hydrogen (secondary N) is 2. The molecule has 0 aromatic heterocycles. The molecule has 0 spiro atoms. The van der Waals surface area contributed by atoms with Gasteiger partial charge in [-0.1, -0.05) is 38.8 Å². The van der Waals surface area contributed by atoms with Gasteiger partial charge in [-0.05, 0) is 30.5 Å². The molecule has 1 rings (SSSR count).